The Morgan fingerprint density at radius 1 is 1.12 bits per heavy atom. The normalized spacial score (nSPS) is 10.3. The van der Waals surface area contributed by atoms with Crippen molar-refractivity contribution in [1.82, 2.24) is 4.90 Å². The van der Waals surface area contributed by atoms with E-state index in [2.05, 4.69) is 0 Å². The maximum atomic E-state index is 12.8. The number of carbonyl (C=O) groups excluding carboxylic acids is 1. The van der Waals surface area contributed by atoms with Crippen LogP contribution in [0.4, 0.5) is 11.4 Å². The molecule has 0 aromatic heterocycles. The van der Waals surface area contributed by atoms with E-state index in [4.69, 9.17) is 0 Å². The largest absolute Gasteiger partial charge is 0.378 e. The molecular weight excluding hydrogens is 306 g/mol. The first-order valence-corrected chi connectivity index (χ1v) is 7.73. The van der Waals surface area contributed by atoms with Gasteiger partial charge in [0, 0.05) is 43.5 Å². The maximum Gasteiger partial charge on any atom is 0.274 e. The molecular formula is C18H21N3O3. The van der Waals surface area contributed by atoms with Gasteiger partial charge in [0.2, 0.25) is 0 Å². The molecule has 0 aliphatic heterocycles. The Labute approximate surface area is 141 Å². The average Bonchev–Trinajstić information content (AvgIpc) is 2.59. The fourth-order valence-corrected chi connectivity index (χ4v) is 2.46. The second kappa shape index (κ2) is 7.59. The molecule has 0 fully saturated rings. The number of hydrogen-bond acceptors (Lipinski definition) is 4. The Morgan fingerprint density at radius 2 is 1.83 bits per heavy atom. The average molecular weight is 327 g/mol. The lowest BCUT2D eigenvalue weighted by Gasteiger charge is -2.22. The monoisotopic (exact) mass is 327 g/mol. The SMILES string of the molecule is CCN(Cc1ccccc1[N+](=O)[O-])C(=O)c1cccc(N(C)C)c1. The number of rotatable bonds is 6. The number of hydrogen-bond donors (Lipinski definition) is 0. The molecule has 0 heterocycles. The third-order valence-electron chi connectivity index (χ3n) is 3.83. The Hall–Kier alpha value is -2.89. The van der Waals surface area contributed by atoms with Crippen molar-refractivity contribution in [2.24, 2.45) is 0 Å². The van der Waals surface area contributed by atoms with Crippen molar-refractivity contribution < 1.29 is 9.72 Å². The molecule has 0 bridgehead atoms. The van der Waals surface area contributed by atoms with Gasteiger partial charge in [-0.2, -0.15) is 0 Å². The summed E-state index contributed by atoms with van der Waals surface area (Å²) in [5.74, 6) is -0.139. The first kappa shape index (κ1) is 17.5. The van der Waals surface area contributed by atoms with E-state index in [1.54, 1.807) is 29.2 Å². The van der Waals surface area contributed by atoms with Crippen molar-refractivity contribution >= 4 is 17.3 Å². The molecule has 6 nitrogen and oxygen atoms in total. The Kier molecular flexibility index (Phi) is 5.52. The molecule has 0 radical (unpaired) electrons. The van der Waals surface area contributed by atoms with Crippen LogP contribution in [0, 0.1) is 10.1 Å². The molecule has 0 atom stereocenters. The predicted octanol–water partition coefficient (Wildman–Crippen LogP) is 3.32. The fraction of sp³-hybridized carbons (Fsp3) is 0.278. The van der Waals surface area contributed by atoms with Crippen LogP contribution >= 0.6 is 0 Å². The lowest BCUT2D eigenvalue weighted by Crippen LogP contribution is -2.30. The smallest absolute Gasteiger partial charge is 0.274 e. The van der Waals surface area contributed by atoms with Gasteiger partial charge in [-0.25, -0.2) is 0 Å². The first-order chi connectivity index (χ1) is 11.4. The van der Waals surface area contributed by atoms with Crippen molar-refractivity contribution in [3.8, 4) is 0 Å². The van der Waals surface area contributed by atoms with E-state index in [0.717, 1.165) is 5.69 Å². The van der Waals surface area contributed by atoms with Crippen molar-refractivity contribution in [1.29, 1.82) is 0 Å². The van der Waals surface area contributed by atoms with Gasteiger partial charge in [-0.3, -0.25) is 14.9 Å². The summed E-state index contributed by atoms with van der Waals surface area (Å²) in [6, 6.07) is 13.9. The van der Waals surface area contributed by atoms with E-state index < -0.39 is 4.92 Å². The zero-order valence-electron chi connectivity index (χ0n) is 14.1. The molecule has 2 aromatic rings. The van der Waals surface area contributed by atoms with E-state index in [1.165, 1.54) is 6.07 Å². The van der Waals surface area contributed by atoms with Gasteiger partial charge in [-0.05, 0) is 25.1 Å². The Balaban J connectivity index is 2.27. The number of carbonyl (C=O) groups is 1. The zero-order chi connectivity index (χ0) is 17.7. The minimum Gasteiger partial charge on any atom is -0.378 e. The highest BCUT2D eigenvalue weighted by atomic mass is 16.6. The van der Waals surface area contributed by atoms with Gasteiger partial charge < -0.3 is 9.80 Å². The molecule has 1 amide bonds. The van der Waals surface area contributed by atoms with Crippen molar-refractivity contribution in [3.63, 3.8) is 0 Å². The molecule has 0 saturated carbocycles. The van der Waals surface area contributed by atoms with E-state index in [-0.39, 0.29) is 18.1 Å². The molecule has 126 valence electrons. The molecule has 0 aliphatic rings. The second-order valence-electron chi connectivity index (χ2n) is 5.65. The Bertz CT molecular complexity index is 744. The lowest BCUT2D eigenvalue weighted by atomic mass is 10.1. The predicted molar refractivity (Wildman–Crippen MR) is 94.3 cm³/mol. The number of benzene rings is 2. The fourth-order valence-electron chi connectivity index (χ4n) is 2.46. The minimum atomic E-state index is -0.416. The van der Waals surface area contributed by atoms with E-state index in [9.17, 15) is 14.9 Å². The number of para-hydroxylation sites is 1. The molecule has 2 rings (SSSR count). The molecule has 0 saturated heterocycles. The standard InChI is InChI=1S/C18H21N3O3/c1-4-20(13-15-8-5-6-11-17(15)21(23)24)18(22)14-9-7-10-16(12-14)19(2)3/h5-12H,4,13H2,1-3H3. The van der Waals surface area contributed by atoms with Gasteiger partial charge in [0.25, 0.3) is 11.6 Å². The zero-order valence-corrected chi connectivity index (χ0v) is 14.1. The number of nitro groups is 1. The van der Waals surface area contributed by atoms with E-state index in [0.29, 0.717) is 17.7 Å². The third-order valence-corrected chi connectivity index (χ3v) is 3.83. The third kappa shape index (κ3) is 3.90. The lowest BCUT2D eigenvalue weighted by molar-refractivity contribution is -0.385. The van der Waals surface area contributed by atoms with Crippen LogP contribution < -0.4 is 4.90 Å². The van der Waals surface area contributed by atoms with Gasteiger partial charge in [-0.1, -0.05) is 24.3 Å². The summed E-state index contributed by atoms with van der Waals surface area (Å²) in [6.07, 6.45) is 0. The van der Waals surface area contributed by atoms with Crippen LogP contribution in [0.5, 0.6) is 0 Å². The molecule has 0 N–H and O–H groups in total. The highest BCUT2D eigenvalue weighted by Gasteiger charge is 2.20. The summed E-state index contributed by atoms with van der Waals surface area (Å²) in [5.41, 5.74) is 2.07. The van der Waals surface area contributed by atoms with Gasteiger partial charge >= 0.3 is 0 Å². The summed E-state index contributed by atoms with van der Waals surface area (Å²) in [6.45, 7) is 2.54. The molecule has 6 heteroatoms. The van der Waals surface area contributed by atoms with Crippen LogP contribution in [-0.4, -0.2) is 36.4 Å². The summed E-state index contributed by atoms with van der Waals surface area (Å²) < 4.78 is 0. The van der Waals surface area contributed by atoms with Gasteiger partial charge in [-0.15, -0.1) is 0 Å². The quantitative estimate of drug-likeness (QED) is 0.603. The van der Waals surface area contributed by atoms with Crippen LogP contribution in [0.15, 0.2) is 48.5 Å². The van der Waals surface area contributed by atoms with Crippen molar-refractivity contribution in [2.45, 2.75) is 13.5 Å². The number of nitro benzene ring substituents is 1. The van der Waals surface area contributed by atoms with E-state index >= 15 is 0 Å². The maximum absolute atomic E-state index is 12.8. The highest BCUT2D eigenvalue weighted by Crippen LogP contribution is 2.21. The van der Waals surface area contributed by atoms with Gasteiger partial charge in [0.15, 0.2) is 0 Å². The van der Waals surface area contributed by atoms with Gasteiger partial charge in [0.1, 0.15) is 0 Å². The molecule has 0 aliphatic carbocycles. The second-order valence-corrected chi connectivity index (χ2v) is 5.65. The minimum absolute atomic E-state index is 0.0331. The molecule has 0 unspecified atom stereocenters. The number of nitrogens with zero attached hydrogens (tertiary/aromatic N) is 3. The van der Waals surface area contributed by atoms with Crippen molar-refractivity contribution in [2.75, 3.05) is 25.5 Å². The van der Waals surface area contributed by atoms with Crippen LogP contribution in [0.2, 0.25) is 0 Å². The molecule has 0 spiro atoms. The summed E-state index contributed by atoms with van der Waals surface area (Å²) in [7, 11) is 3.82. The first-order valence-electron chi connectivity index (χ1n) is 7.73. The number of amides is 1. The topological polar surface area (TPSA) is 66.7 Å². The van der Waals surface area contributed by atoms with Crippen LogP contribution in [0.25, 0.3) is 0 Å². The summed E-state index contributed by atoms with van der Waals surface area (Å²) in [5, 5.41) is 11.1. The van der Waals surface area contributed by atoms with Crippen LogP contribution in [0.3, 0.4) is 0 Å². The Morgan fingerprint density at radius 3 is 2.46 bits per heavy atom. The van der Waals surface area contributed by atoms with Crippen molar-refractivity contribution in [3.05, 3.63) is 69.8 Å². The van der Waals surface area contributed by atoms with Crippen LogP contribution in [0.1, 0.15) is 22.8 Å². The number of anilines is 1. The summed E-state index contributed by atoms with van der Waals surface area (Å²) >= 11 is 0. The van der Waals surface area contributed by atoms with E-state index in [1.807, 2.05) is 44.1 Å². The van der Waals surface area contributed by atoms with Crippen LogP contribution in [-0.2, 0) is 6.54 Å². The highest BCUT2D eigenvalue weighted by molar-refractivity contribution is 5.95. The van der Waals surface area contributed by atoms with Gasteiger partial charge in [0.05, 0.1) is 11.5 Å². The molecule has 2 aromatic carbocycles. The molecule has 24 heavy (non-hydrogen) atoms. The summed E-state index contributed by atoms with van der Waals surface area (Å²) in [4.78, 5) is 27.0.